The van der Waals surface area contributed by atoms with Crippen molar-refractivity contribution in [2.24, 2.45) is 0 Å². The number of aryl methyl sites for hydroxylation is 1. The summed E-state index contributed by atoms with van der Waals surface area (Å²) in [5.74, 6) is 0.125. The number of thioether (sulfide) groups is 1. The van der Waals surface area contributed by atoms with Crippen molar-refractivity contribution in [1.82, 2.24) is 19.7 Å². The Morgan fingerprint density at radius 2 is 2.06 bits per heavy atom. The molecule has 0 bridgehead atoms. The average molecular weight is 274 g/mol. The highest BCUT2D eigenvalue weighted by atomic mass is 32.2. The van der Waals surface area contributed by atoms with Crippen molar-refractivity contribution in [3.63, 3.8) is 0 Å². The van der Waals surface area contributed by atoms with E-state index in [0.29, 0.717) is 5.03 Å². The van der Waals surface area contributed by atoms with E-state index in [-0.39, 0.29) is 5.95 Å². The van der Waals surface area contributed by atoms with Crippen molar-refractivity contribution in [3.8, 4) is 5.95 Å². The van der Waals surface area contributed by atoms with E-state index >= 15 is 0 Å². The van der Waals surface area contributed by atoms with E-state index in [2.05, 4.69) is 15.1 Å². The molecule has 0 N–H and O–H groups in total. The van der Waals surface area contributed by atoms with Gasteiger partial charge in [-0.1, -0.05) is 0 Å². The highest BCUT2D eigenvalue weighted by Crippen LogP contribution is 2.27. The van der Waals surface area contributed by atoms with Gasteiger partial charge in [0.1, 0.15) is 5.03 Å². The van der Waals surface area contributed by atoms with Gasteiger partial charge in [0.25, 0.3) is 5.95 Å². The molecule has 2 aromatic rings. The molecule has 0 spiro atoms. The van der Waals surface area contributed by atoms with Gasteiger partial charge in [-0.3, -0.25) is 0 Å². The molecule has 0 aliphatic heterocycles. The Hall–Kier alpha value is -1.57. The summed E-state index contributed by atoms with van der Waals surface area (Å²) in [6, 6.07) is 0.891. The number of hydrogen-bond acceptors (Lipinski definition) is 4. The SMILES string of the molecule is CSc1nc(-n2ccc(C(F)(F)F)n2)ncc1C. The summed E-state index contributed by atoms with van der Waals surface area (Å²) in [5.41, 5.74) is -0.0909. The van der Waals surface area contributed by atoms with Crippen molar-refractivity contribution in [3.05, 3.63) is 29.7 Å². The Morgan fingerprint density at radius 3 is 2.61 bits per heavy atom. The van der Waals surface area contributed by atoms with Gasteiger partial charge in [0.2, 0.25) is 0 Å². The minimum Gasteiger partial charge on any atom is -0.219 e. The molecule has 4 nitrogen and oxygen atoms in total. The Morgan fingerprint density at radius 1 is 1.33 bits per heavy atom. The van der Waals surface area contributed by atoms with E-state index in [0.717, 1.165) is 16.3 Å². The first-order chi connectivity index (χ1) is 8.41. The van der Waals surface area contributed by atoms with Crippen LogP contribution in [-0.4, -0.2) is 26.0 Å². The zero-order valence-corrected chi connectivity index (χ0v) is 10.4. The predicted octanol–water partition coefficient (Wildman–Crippen LogP) is 2.71. The molecule has 18 heavy (non-hydrogen) atoms. The predicted molar refractivity (Wildman–Crippen MR) is 60.7 cm³/mol. The van der Waals surface area contributed by atoms with Gasteiger partial charge in [0, 0.05) is 12.4 Å². The minimum absolute atomic E-state index is 0.125. The van der Waals surface area contributed by atoms with Crippen LogP contribution in [-0.2, 0) is 6.18 Å². The first-order valence-corrected chi connectivity index (χ1v) is 6.15. The molecule has 0 radical (unpaired) electrons. The zero-order valence-electron chi connectivity index (χ0n) is 9.56. The van der Waals surface area contributed by atoms with E-state index < -0.39 is 11.9 Å². The van der Waals surface area contributed by atoms with Gasteiger partial charge in [0.05, 0.1) is 0 Å². The number of rotatable bonds is 2. The molecule has 0 aliphatic carbocycles. The quantitative estimate of drug-likeness (QED) is 0.624. The molecule has 96 valence electrons. The van der Waals surface area contributed by atoms with Crippen molar-refractivity contribution >= 4 is 11.8 Å². The lowest BCUT2D eigenvalue weighted by molar-refractivity contribution is -0.141. The molecule has 0 saturated carbocycles. The van der Waals surface area contributed by atoms with Crippen molar-refractivity contribution in [1.29, 1.82) is 0 Å². The second-order valence-electron chi connectivity index (χ2n) is 3.51. The van der Waals surface area contributed by atoms with Crippen LogP contribution in [0, 0.1) is 6.92 Å². The number of halogens is 3. The lowest BCUT2D eigenvalue weighted by Crippen LogP contribution is -2.09. The zero-order chi connectivity index (χ0) is 13.3. The maximum absolute atomic E-state index is 12.4. The lowest BCUT2D eigenvalue weighted by atomic mass is 10.4. The van der Waals surface area contributed by atoms with Crippen LogP contribution < -0.4 is 0 Å². The number of aromatic nitrogens is 4. The standard InChI is InChI=1S/C10H9F3N4S/c1-6-5-14-9(15-8(6)18-2)17-4-3-7(16-17)10(11,12)13/h3-5H,1-2H3. The van der Waals surface area contributed by atoms with Crippen molar-refractivity contribution < 1.29 is 13.2 Å². The molecular formula is C10H9F3N4S. The van der Waals surface area contributed by atoms with Gasteiger partial charge in [-0.25, -0.2) is 14.6 Å². The van der Waals surface area contributed by atoms with Crippen LogP contribution in [0.5, 0.6) is 0 Å². The fourth-order valence-electron chi connectivity index (χ4n) is 1.32. The second-order valence-corrected chi connectivity index (χ2v) is 4.30. The van der Waals surface area contributed by atoms with Crippen LogP contribution in [0.3, 0.4) is 0 Å². The Balaban J connectivity index is 2.40. The fourth-order valence-corrected chi connectivity index (χ4v) is 1.87. The molecule has 0 fully saturated rings. The molecule has 0 aliphatic rings. The third kappa shape index (κ3) is 2.47. The van der Waals surface area contributed by atoms with E-state index in [9.17, 15) is 13.2 Å². The normalized spacial score (nSPS) is 11.8. The molecule has 0 amide bonds. The van der Waals surface area contributed by atoms with Gasteiger partial charge < -0.3 is 0 Å². The highest BCUT2D eigenvalue weighted by Gasteiger charge is 2.33. The molecule has 0 atom stereocenters. The van der Waals surface area contributed by atoms with Crippen LogP contribution in [0.4, 0.5) is 13.2 Å². The van der Waals surface area contributed by atoms with Gasteiger partial charge in [-0.2, -0.15) is 18.3 Å². The summed E-state index contributed by atoms with van der Waals surface area (Å²) in [5, 5.41) is 4.13. The summed E-state index contributed by atoms with van der Waals surface area (Å²) in [7, 11) is 0. The summed E-state index contributed by atoms with van der Waals surface area (Å²) in [6.07, 6.45) is 0.127. The molecule has 0 aromatic carbocycles. The number of nitrogens with zero attached hydrogens (tertiary/aromatic N) is 4. The summed E-state index contributed by atoms with van der Waals surface area (Å²) in [6.45, 7) is 1.83. The van der Waals surface area contributed by atoms with Gasteiger partial charge >= 0.3 is 6.18 Å². The van der Waals surface area contributed by atoms with Gasteiger partial charge in [-0.05, 0) is 24.8 Å². The van der Waals surface area contributed by atoms with Crippen LogP contribution >= 0.6 is 11.8 Å². The highest BCUT2D eigenvalue weighted by molar-refractivity contribution is 7.98. The lowest BCUT2D eigenvalue weighted by Gasteiger charge is -2.04. The molecule has 2 heterocycles. The summed E-state index contributed by atoms with van der Waals surface area (Å²) >= 11 is 1.40. The third-order valence-electron chi connectivity index (χ3n) is 2.19. The van der Waals surface area contributed by atoms with E-state index in [4.69, 9.17) is 0 Å². The van der Waals surface area contributed by atoms with Crippen LogP contribution in [0.25, 0.3) is 5.95 Å². The Bertz CT molecular complexity index is 564. The molecule has 0 saturated heterocycles. The number of alkyl halides is 3. The molecule has 2 rings (SSSR count). The fraction of sp³-hybridized carbons (Fsp3) is 0.300. The molecule has 0 unspecified atom stereocenters. The second kappa shape index (κ2) is 4.60. The first kappa shape index (κ1) is 12.9. The molecular weight excluding hydrogens is 265 g/mol. The van der Waals surface area contributed by atoms with Crippen LogP contribution in [0.15, 0.2) is 23.5 Å². The molecule has 8 heteroatoms. The van der Waals surface area contributed by atoms with Gasteiger partial charge in [0.15, 0.2) is 5.69 Å². The largest absolute Gasteiger partial charge is 0.435 e. The number of hydrogen-bond donors (Lipinski definition) is 0. The van der Waals surface area contributed by atoms with Crippen LogP contribution in [0.2, 0.25) is 0 Å². The summed E-state index contributed by atoms with van der Waals surface area (Å²) in [4.78, 5) is 8.10. The Labute approximate surface area is 105 Å². The van der Waals surface area contributed by atoms with Gasteiger partial charge in [-0.15, -0.1) is 11.8 Å². The van der Waals surface area contributed by atoms with Crippen LogP contribution in [0.1, 0.15) is 11.3 Å². The van der Waals surface area contributed by atoms with E-state index in [1.54, 1.807) is 6.20 Å². The minimum atomic E-state index is -4.46. The maximum Gasteiger partial charge on any atom is 0.435 e. The Kier molecular flexibility index (Phi) is 3.29. The summed E-state index contributed by atoms with van der Waals surface area (Å²) < 4.78 is 38.2. The van der Waals surface area contributed by atoms with E-state index in [1.165, 1.54) is 18.0 Å². The first-order valence-electron chi connectivity index (χ1n) is 4.92. The maximum atomic E-state index is 12.4. The smallest absolute Gasteiger partial charge is 0.219 e. The average Bonchev–Trinajstić information content (AvgIpc) is 2.78. The molecule has 2 aromatic heterocycles. The topological polar surface area (TPSA) is 43.6 Å². The van der Waals surface area contributed by atoms with E-state index in [1.807, 2.05) is 13.2 Å². The third-order valence-corrected chi connectivity index (χ3v) is 2.99. The monoisotopic (exact) mass is 274 g/mol. The van der Waals surface area contributed by atoms with Crippen molar-refractivity contribution in [2.45, 2.75) is 18.1 Å². The van der Waals surface area contributed by atoms with Crippen molar-refractivity contribution in [2.75, 3.05) is 6.26 Å².